The van der Waals surface area contributed by atoms with Gasteiger partial charge in [0.15, 0.2) is 0 Å². The van der Waals surface area contributed by atoms with Crippen molar-refractivity contribution in [2.24, 2.45) is 0 Å². The van der Waals surface area contributed by atoms with E-state index in [9.17, 15) is 9.59 Å². The second-order valence-electron chi connectivity index (χ2n) is 5.13. The first kappa shape index (κ1) is 18.8. The summed E-state index contributed by atoms with van der Waals surface area (Å²) >= 11 is 0. The van der Waals surface area contributed by atoms with Gasteiger partial charge in [-0.25, -0.2) is 0 Å². The lowest BCUT2D eigenvalue weighted by molar-refractivity contribution is -0.129. The van der Waals surface area contributed by atoms with E-state index in [2.05, 4.69) is 5.32 Å². The van der Waals surface area contributed by atoms with Crippen molar-refractivity contribution >= 4 is 11.8 Å². The highest BCUT2D eigenvalue weighted by atomic mass is 16.5. The Labute approximate surface area is 137 Å². The number of ether oxygens (including phenoxy) is 2. The Bertz CT molecular complexity index is 488. The number of methoxy groups -OCH3 is 1. The van der Waals surface area contributed by atoms with Gasteiger partial charge in [-0.1, -0.05) is 6.92 Å². The molecular weight excluding hydrogens is 296 g/mol. The fourth-order valence-electron chi connectivity index (χ4n) is 2.05. The van der Waals surface area contributed by atoms with Crippen LogP contribution in [-0.4, -0.2) is 50.1 Å². The summed E-state index contributed by atoms with van der Waals surface area (Å²) in [5.41, 5.74) is 0. The van der Waals surface area contributed by atoms with Crippen LogP contribution >= 0.6 is 0 Å². The number of carbonyl (C=O) groups excluding carboxylic acids is 2. The molecule has 1 N–H and O–H groups in total. The van der Waals surface area contributed by atoms with Crippen molar-refractivity contribution in [3.8, 4) is 11.5 Å². The van der Waals surface area contributed by atoms with E-state index < -0.39 is 0 Å². The number of amides is 2. The summed E-state index contributed by atoms with van der Waals surface area (Å²) < 4.78 is 10.6. The molecule has 1 aromatic carbocycles. The van der Waals surface area contributed by atoms with Crippen LogP contribution in [0.3, 0.4) is 0 Å². The molecule has 1 rings (SSSR count). The summed E-state index contributed by atoms with van der Waals surface area (Å²) in [6.45, 7) is 5.49. The molecule has 0 bridgehead atoms. The SMILES string of the molecule is CCCN(CCC(=O)NCCOc1ccc(OC)cc1)C(C)=O. The van der Waals surface area contributed by atoms with Crippen LogP contribution in [0.25, 0.3) is 0 Å². The van der Waals surface area contributed by atoms with Gasteiger partial charge >= 0.3 is 0 Å². The van der Waals surface area contributed by atoms with Gasteiger partial charge in [0.2, 0.25) is 11.8 Å². The van der Waals surface area contributed by atoms with Crippen LogP contribution in [-0.2, 0) is 9.59 Å². The van der Waals surface area contributed by atoms with Crippen LogP contribution in [0.2, 0.25) is 0 Å². The molecule has 6 heteroatoms. The summed E-state index contributed by atoms with van der Waals surface area (Å²) in [4.78, 5) is 24.8. The number of rotatable bonds is 10. The molecule has 0 aliphatic rings. The Balaban J connectivity index is 2.19. The topological polar surface area (TPSA) is 67.9 Å². The van der Waals surface area contributed by atoms with Gasteiger partial charge in [0.05, 0.1) is 13.7 Å². The fraction of sp³-hybridized carbons (Fsp3) is 0.529. The molecule has 0 unspecified atom stereocenters. The first-order chi connectivity index (χ1) is 11.1. The van der Waals surface area contributed by atoms with E-state index in [1.165, 1.54) is 6.92 Å². The second-order valence-corrected chi connectivity index (χ2v) is 5.13. The molecule has 23 heavy (non-hydrogen) atoms. The zero-order valence-electron chi connectivity index (χ0n) is 14.1. The summed E-state index contributed by atoms with van der Waals surface area (Å²) in [6.07, 6.45) is 1.19. The molecule has 0 aliphatic carbocycles. The number of hydrogen-bond donors (Lipinski definition) is 1. The maximum Gasteiger partial charge on any atom is 0.221 e. The van der Waals surface area contributed by atoms with Crippen molar-refractivity contribution in [2.75, 3.05) is 33.4 Å². The van der Waals surface area contributed by atoms with E-state index in [0.29, 0.717) is 32.7 Å². The van der Waals surface area contributed by atoms with Crippen LogP contribution < -0.4 is 14.8 Å². The summed E-state index contributed by atoms with van der Waals surface area (Å²) in [5, 5.41) is 2.79. The second kappa shape index (κ2) is 10.5. The average Bonchev–Trinajstić information content (AvgIpc) is 2.55. The third-order valence-corrected chi connectivity index (χ3v) is 3.30. The van der Waals surface area contributed by atoms with E-state index in [0.717, 1.165) is 17.9 Å². The van der Waals surface area contributed by atoms with E-state index in [4.69, 9.17) is 9.47 Å². The lowest BCUT2D eigenvalue weighted by Crippen LogP contribution is -2.35. The molecule has 128 valence electrons. The maximum atomic E-state index is 11.7. The van der Waals surface area contributed by atoms with Gasteiger partial charge in [0, 0.05) is 26.4 Å². The van der Waals surface area contributed by atoms with Crippen LogP contribution in [0.5, 0.6) is 11.5 Å². The average molecular weight is 322 g/mol. The highest BCUT2D eigenvalue weighted by Gasteiger charge is 2.09. The molecule has 6 nitrogen and oxygen atoms in total. The lowest BCUT2D eigenvalue weighted by Gasteiger charge is -2.19. The predicted octanol–water partition coefficient (Wildman–Crippen LogP) is 1.84. The first-order valence-electron chi connectivity index (χ1n) is 7.86. The van der Waals surface area contributed by atoms with E-state index in [1.54, 1.807) is 12.0 Å². The van der Waals surface area contributed by atoms with Crippen LogP contribution in [0, 0.1) is 0 Å². The quantitative estimate of drug-likeness (QED) is 0.668. The van der Waals surface area contributed by atoms with Crippen molar-refractivity contribution in [1.82, 2.24) is 10.2 Å². The summed E-state index contributed by atoms with van der Waals surface area (Å²) in [7, 11) is 1.61. The highest BCUT2D eigenvalue weighted by molar-refractivity contribution is 5.77. The van der Waals surface area contributed by atoms with E-state index in [1.807, 2.05) is 31.2 Å². The van der Waals surface area contributed by atoms with Crippen molar-refractivity contribution in [2.45, 2.75) is 26.7 Å². The van der Waals surface area contributed by atoms with Crippen LogP contribution in [0.4, 0.5) is 0 Å². The Morgan fingerprint density at radius 3 is 2.35 bits per heavy atom. The number of carbonyl (C=O) groups is 2. The number of hydrogen-bond acceptors (Lipinski definition) is 4. The molecule has 0 heterocycles. The molecule has 0 saturated heterocycles. The number of nitrogens with one attached hydrogen (secondary N) is 1. The first-order valence-corrected chi connectivity index (χ1v) is 7.86. The molecule has 0 aliphatic heterocycles. The molecule has 1 aromatic rings. The van der Waals surface area contributed by atoms with Crippen molar-refractivity contribution < 1.29 is 19.1 Å². The molecule has 0 radical (unpaired) electrons. The largest absolute Gasteiger partial charge is 0.497 e. The van der Waals surface area contributed by atoms with Gasteiger partial charge in [-0.2, -0.15) is 0 Å². The van der Waals surface area contributed by atoms with Crippen LogP contribution in [0.1, 0.15) is 26.7 Å². The number of nitrogens with zero attached hydrogens (tertiary/aromatic N) is 1. The maximum absolute atomic E-state index is 11.7. The molecular formula is C17H26N2O4. The number of benzene rings is 1. The fourth-order valence-corrected chi connectivity index (χ4v) is 2.05. The van der Waals surface area contributed by atoms with E-state index in [-0.39, 0.29) is 11.8 Å². The van der Waals surface area contributed by atoms with E-state index >= 15 is 0 Å². The third-order valence-electron chi connectivity index (χ3n) is 3.30. The Morgan fingerprint density at radius 1 is 1.13 bits per heavy atom. The summed E-state index contributed by atoms with van der Waals surface area (Å²) in [5.74, 6) is 1.42. The van der Waals surface area contributed by atoms with Gasteiger partial charge in [0.25, 0.3) is 0 Å². The van der Waals surface area contributed by atoms with Crippen molar-refractivity contribution in [3.05, 3.63) is 24.3 Å². The standard InChI is InChI=1S/C17H26N2O4/c1-4-11-19(14(2)20)12-9-17(21)18-10-13-23-16-7-5-15(22-3)6-8-16/h5-8H,4,9-13H2,1-3H3,(H,18,21). The predicted molar refractivity (Wildman–Crippen MR) is 88.7 cm³/mol. The minimum Gasteiger partial charge on any atom is -0.497 e. The smallest absolute Gasteiger partial charge is 0.221 e. The highest BCUT2D eigenvalue weighted by Crippen LogP contribution is 2.16. The van der Waals surface area contributed by atoms with Gasteiger partial charge in [-0.15, -0.1) is 0 Å². The minimum atomic E-state index is -0.0781. The summed E-state index contributed by atoms with van der Waals surface area (Å²) in [6, 6.07) is 7.27. The van der Waals surface area contributed by atoms with Gasteiger partial charge in [-0.05, 0) is 30.7 Å². The van der Waals surface area contributed by atoms with Gasteiger partial charge < -0.3 is 19.7 Å². The molecule has 0 fully saturated rings. The molecule has 0 spiro atoms. The molecule has 0 atom stereocenters. The minimum absolute atomic E-state index is 0.00230. The Morgan fingerprint density at radius 2 is 1.78 bits per heavy atom. The zero-order chi connectivity index (χ0) is 17.1. The molecule has 2 amide bonds. The zero-order valence-corrected chi connectivity index (χ0v) is 14.1. The normalized spacial score (nSPS) is 10.0. The van der Waals surface area contributed by atoms with Gasteiger partial charge in [0.1, 0.15) is 18.1 Å². The lowest BCUT2D eigenvalue weighted by atomic mass is 10.3. The molecule has 0 saturated carbocycles. The molecule has 0 aromatic heterocycles. The van der Waals surface area contributed by atoms with Crippen molar-refractivity contribution in [1.29, 1.82) is 0 Å². The van der Waals surface area contributed by atoms with Crippen molar-refractivity contribution in [3.63, 3.8) is 0 Å². The monoisotopic (exact) mass is 322 g/mol. The van der Waals surface area contributed by atoms with Gasteiger partial charge in [-0.3, -0.25) is 9.59 Å². The Hall–Kier alpha value is -2.24. The Kier molecular flexibility index (Phi) is 8.57. The third kappa shape index (κ3) is 7.54. The van der Waals surface area contributed by atoms with Crippen LogP contribution in [0.15, 0.2) is 24.3 Å².